The molecule has 0 aliphatic heterocycles. The van der Waals surface area contributed by atoms with Gasteiger partial charge in [-0.2, -0.15) is 0 Å². The van der Waals surface area contributed by atoms with Gasteiger partial charge in [-0.1, -0.05) is 6.07 Å². The molecule has 23 heavy (non-hydrogen) atoms. The first kappa shape index (κ1) is 19.7. The van der Waals surface area contributed by atoms with Crippen LogP contribution in [-0.4, -0.2) is 62.6 Å². The van der Waals surface area contributed by atoms with Crippen molar-refractivity contribution in [3.63, 3.8) is 0 Å². The number of hydrogen-bond acceptors (Lipinski definition) is 6. The fourth-order valence-electron chi connectivity index (χ4n) is 2.10. The quantitative estimate of drug-likeness (QED) is 0.569. The van der Waals surface area contributed by atoms with E-state index in [-0.39, 0.29) is 24.6 Å². The third kappa shape index (κ3) is 8.18. The van der Waals surface area contributed by atoms with Crippen molar-refractivity contribution in [1.29, 1.82) is 0 Å². The predicted molar refractivity (Wildman–Crippen MR) is 87.1 cm³/mol. The van der Waals surface area contributed by atoms with Crippen molar-refractivity contribution in [2.75, 3.05) is 40.1 Å². The molecule has 0 aliphatic rings. The normalized spacial score (nSPS) is 13.7. The first-order valence-corrected chi connectivity index (χ1v) is 7.84. The maximum absolute atomic E-state index is 9.57. The van der Waals surface area contributed by atoms with E-state index >= 15 is 0 Å². The third-order valence-electron chi connectivity index (χ3n) is 3.24. The summed E-state index contributed by atoms with van der Waals surface area (Å²) in [5, 5.41) is 18.2. The molecule has 0 saturated heterocycles. The first-order chi connectivity index (χ1) is 11.1. The minimum absolute atomic E-state index is 0.0208. The molecule has 132 valence electrons. The van der Waals surface area contributed by atoms with Gasteiger partial charge in [0.25, 0.3) is 0 Å². The molecule has 6 heteroatoms. The van der Waals surface area contributed by atoms with E-state index in [0.717, 1.165) is 12.0 Å². The van der Waals surface area contributed by atoms with Crippen LogP contribution in [0.4, 0.5) is 0 Å². The molecule has 0 bridgehead atoms. The average molecular weight is 328 g/mol. The van der Waals surface area contributed by atoms with E-state index in [1.54, 1.807) is 6.07 Å². The van der Waals surface area contributed by atoms with Crippen LogP contribution >= 0.6 is 0 Å². The van der Waals surface area contributed by atoms with Crippen molar-refractivity contribution >= 4 is 0 Å². The van der Waals surface area contributed by atoms with E-state index < -0.39 is 0 Å². The molecule has 0 fully saturated rings. The highest BCUT2D eigenvalue weighted by atomic mass is 16.6. The van der Waals surface area contributed by atoms with Crippen molar-refractivity contribution in [1.82, 2.24) is 0 Å². The van der Waals surface area contributed by atoms with Crippen LogP contribution in [0.1, 0.15) is 19.4 Å². The fraction of sp³-hybridized carbons (Fsp3) is 0.647. The molecular formula is C17H28O6. The van der Waals surface area contributed by atoms with Gasteiger partial charge in [0.2, 0.25) is 0 Å². The van der Waals surface area contributed by atoms with E-state index in [9.17, 15) is 5.11 Å². The van der Waals surface area contributed by atoms with E-state index in [1.165, 1.54) is 7.11 Å². The van der Waals surface area contributed by atoms with Crippen LogP contribution in [0.3, 0.4) is 0 Å². The van der Waals surface area contributed by atoms with Crippen LogP contribution in [0.25, 0.3) is 0 Å². The molecule has 2 atom stereocenters. The molecule has 1 rings (SSSR count). The molecule has 2 N–H and O–H groups in total. The summed E-state index contributed by atoms with van der Waals surface area (Å²) in [5.74, 6) is 0.602. The molecule has 0 aromatic heterocycles. The lowest BCUT2D eigenvalue weighted by atomic mass is 10.1. The number of hydrogen-bond donors (Lipinski definition) is 2. The highest BCUT2D eigenvalue weighted by Gasteiger charge is 2.08. The Balaban J connectivity index is 2.18. The zero-order chi connectivity index (χ0) is 17.1. The van der Waals surface area contributed by atoms with Crippen LogP contribution in [0, 0.1) is 0 Å². The molecule has 0 amide bonds. The van der Waals surface area contributed by atoms with E-state index in [0.29, 0.717) is 32.2 Å². The Bertz CT molecular complexity index is 437. The summed E-state index contributed by atoms with van der Waals surface area (Å²) in [6.07, 6.45) is 0.729. The number of phenols is 1. The number of benzene rings is 1. The Morgan fingerprint density at radius 2 is 1.78 bits per heavy atom. The number of aliphatic hydroxyl groups excluding tert-OH is 1. The van der Waals surface area contributed by atoms with Crippen LogP contribution in [0.15, 0.2) is 18.2 Å². The first-order valence-electron chi connectivity index (χ1n) is 7.84. The highest BCUT2D eigenvalue weighted by molar-refractivity contribution is 5.41. The Hall–Kier alpha value is -1.34. The van der Waals surface area contributed by atoms with Crippen LogP contribution in [0.2, 0.25) is 0 Å². The summed E-state index contributed by atoms with van der Waals surface area (Å²) in [6, 6.07) is 5.29. The number of rotatable bonds is 12. The zero-order valence-corrected chi connectivity index (χ0v) is 14.2. The van der Waals surface area contributed by atoms with Gasteiger partial charge in [-0.3, -0.25) is 0 Å². The predicted octanol–water partition coefficient (Wildman–Crippen LogP) is 1.76. The second-order valence-electron chi connectivity index (χ2n) is 5.37. The molecule has 0 spiro atoms. The molecule has 2 unspecified atom stereocenters. The second-order valence-corrected chi connectivity index (χ2v) is 5.37. The SMILES string of the molecule is COc1cc(CC(C)OCCOCC(C)OCCO)ccc1O. The van der Waals surface area contributed by atoms with Gasteiger partial charge >= 0.3 is 0 Å². The molecule has 0 radical (unpaired) electrons. The summed E-state index contributed by atoms with van der Waals surface area (Å²) in [6.45, 7) is 5.72. The summed E-state index contributed by atoms with van der Waals surface area (Å²) in [4.78, 5) is 0. The number of phenolic OH excluding ortho intramolecular Hbond substituents is 1. The fourth-order valence-corrected chi connectivity index (χ4v) is 2.10. The van der Waals surface area contributed by atoms with Crippen molar-refractivity contribution in [3.05, 3.63) is 23.8 Å². The largest absolute Gasteiger partial charge is 0.504 e. The monoisotopic (exact) mass is 328 g/mol. The lowest BCUT2D eigenvalue weighted by Crippen LogP contribution is -2.21. The number of aromatic hydroxyl groups is 1. The smallest absolute Gasteiger partial charge is 0.160 e. The van der Waals surface area contributed by atoms with Gasteiger partial charge in [0.05, 0.1) is 52.4 Å². The second kappa shape index (κ2) is 11.2. The average Bonchev–Trinajstić information content (AvgIpc) is 2.54. The zero-order valence-electron chi connectivity index (χ0n) is 14.2. The van der Waals surface area contributed by atoms with Crippen molar-refractivity contribution in [3.8, 4) is 11.5 Å². The summed E-state index contributed by atoms with van der Waals surface area (Å²) >= 11 is 0. The van der Waals surface area contributed by atoms with Gasteiger partial charge < -0.3 is 29.2 Å². The molecule has 0 heterocycles. The molecular weight excluding hydrogens is 300 g/mol. The molecule has 1 aromatic rings. The minimum Gasteiger partial charge on any atom is -0.504 e. The van der Waals surface area contributed by atoms with Crippen LogP contribution < -0.4 is 4.74 Å². The van der Waals surface area contributed by atoms with Gasteiger partial charge in [0, 0.05) is 0 Å². The highest BCUT2D eigenvalue weighted by Crippen LogP contribution is 2.26. The lowest BCUT2D eigenvalue weighted by molar-refractivity contribution is -0.0395. The Morgan fingerprint density at radius 3 is 2.48 bits per heavy atom. The minimum atomic E-state index is -0.0379. The van der Waals surface area contributed by atoms with E-state index in [4.69, 9.17) is 24.1 Å². The molecule has 0 aliphatic carbocycles. The number of aliphatic hydroxyl groups is 1. The maximum atomic E-state index is 9.57. The van der Waals surface area contributed by atoms with Gasteiger partial charge in [0.15, 0.2) is 11.5 Å². The summed E-state index contributed by atoms with van der Waals surface area (Å²) < 4.78 is 21.5. The number of ether oxygens (including phenoxy) is 4. The summed E-state index contributed by atoms with van der Waals surface area (Å²) in [5.41, 5.74) is 1.04. The van der Waals surface area contributed by atoms with Gasteiger partial charge in [0.1, 0.15) is 0 Å². The maximum Gasteiger partial charge on any atom is 0.160 e. The summed E-state index contributed by atoms with van der Waals surface area (Å²) in [7, 11) is 1.53. The molecule has 6 nitrogen and oxygen atoms in total. The van der Waals surface area contributed by atoms with Gasteiger partial charge in [-0.05, 0) is 38.0 Å². The van der Waals surface area contributed by atoms with Gasteiger partial charge in [-0.15, -0.1) is 0 Å². The van der Waals surface area contributed by atoms with Gasteiger partial charge in [-0.25, -0.2) is 0 Å². The van der Waals surface area contributed by atoms with Crippen LogP contribution in [-0.2, 0) is 20.6 Å². The standard InChI is InChI=1S/C17H28O6/c1-13(10-15-4-5-16(19)17(11-15)20-3)23-9-8-21-12-14(2)22-7-6-18/h4-5,11,13-14,18-19H,6-10,12H2,1-3H3. The van der Waals surface area contributed by atoms with E-state index in [2.05, 4.69) is 0 Å². The number of methoxy groups -OCH3 is 1. The van der Waals surface area contributed by atoms with Crippen molar-refractivity contribution in [2.24, 2.45) is 0 Å². The Morgan fingerprint density at radius 1 is 1.04 bits per heavy atom. The molecule has 1 aromatic carbocycles. The Kier molecular flexibility index (Phi) is 9.63. The van der Waals surface area contributed by atoms with Crippen molar-refractivity contribution in [2.45, 2.75) is 32.5 Å². The van der Waals surface area contributed by atoms with Crippen LogP contribution in [0.5, 0.6) is 11.5 Å². The molecule has 0 saturated carbocycles. The van der Waals surface area contributed by atoms with E-state index in [1.807, 2.05) is 26.0 Å². The third-order valence-corrected chi connectivity index (χ3v) is 3.24. The van der Waals surface area contributed by atoms with Crippen molar-refractivity contribution < 1.29 is 29.2 Å². The lowest BCUT2D eigenvalue weighted by Gasteiger charge is -2.15. The Labute approximate surface area is 137 Å². The topological polar surface area (TPSA) is 77.4 Å².